The molecule has 0 atom stereocenters. The van der Waals surface area contributed by atoms with E-state index in [1.807, 2.05) is 31.2 Å². The fourth-order valence-electron chi connectivity index (χ4n) is 1.83. The van der Waals surface area contributed by atoms with Gasteiger partial charge in [-0.1, -0.05) is 41.9 Å². The molecule has 5 heteroatoms. The lowest BCUT2D eigenvalue weighted by atomic mass is 10.2. The Bertz CT molecular complexity index is 728. The lowest BCUT2D eigenvalue weighted by Gasteiger charge is -2.08. The van der Waals surface area contributed by atoms with Crippen LogP contribution in [0.3, 0.4) is 0 Å². The summed E-state index contributed by atoms with van der Waals surface area (Å²) in [4.78, 5) is 12.1. The number of nitrogens with one attached hydrogen (secondary N) is 2. The van der Waals surface area contributed by atoms with E-state index < -0.39 is 5.91 Å². The van der Waals surface area contributed by atoms with Crippen LogP contribution in [0.5, 0.6) is 0 Å². The predicted octanol–water partition coefficient (Wildman–Crippen LogP) is 4.11. The fraction of sp³-hybridized carbons (Fsp3) is 0.0588. The van der Waals surface area contributed by atoms with Gasteiger partial charge in [0.05, 0.1) is 10.7 Å². The van der Waals surface area contributed by atoms with E-state index in [-0.39, 0.29) is 5.57 Å². The summed E-state index contributed by atoms with van der Waals surface area (Å²) in [5.41, 5.74) is 2.18. The highest BCUT2D eigenvalue weighted by atomic mass is 35.5. The maximum absolute atomic E-state index is 12.1. The number of rotatable bonds is 4. The minimum Gasteiger partial charge on any atom is -0.359 e. The largest absolute Gasteiger partial charge is 0.359 e. The van der Waals surface area contributed by atoms with Crippen LogP contribution in [0.2, 0.25) is 5.02 Å². The summed E-state index contributed by atoms with van der Waals surface area (Å²) in [5, 5.41) is 15.2. The van der Waals surface area contributed by atoms with Gasteiger partial charge in [-0.3, -0.25) is 4.79 Å². The van der Waals surface area contributed by atoms with Crippen LogP contribution < -0.4 is 10.6 Å². The number of hydrogen-bond acceptors (Lipinski definition) is 3. The summed E-state index contributed by atoms with van der Waals surface area (Å²) in [5.74, 6) is -0.481. The second-order valence-corrected chi connectivity index (χ2v) is 4.97. The fourth-order valence-corrected chi connectivity index (χ4v) is 2.10. The van der Waals surface area contributed by atoms with Crippen LogP contribution >= 0.6 is 11.6 Å². The van der Waals surface area contributed by atoms with Crippen molar-refractivity contribution in [2.24, 2.45) is 0 Å². The minimum atomic E-state index is -0.481. The molecular formula is C17H14ClN3O. The number of benzene rings is 2. The molecule has 2 aromatic carbocycles. The number of halogens is 1. The maximum atomic E-state index is 12.1. The van der Waals surface area contributed by atoms with Gasteiger partial charge in [0.15, 0.2) is 0 Å². The van der Waals surface area contributed by atoms with Crippen molar-refractivity contribution in [3.8, 4) is 6.07 Å². The van der Waals surface area contributed by atoms with Crippen LogP contribution in [0, 0.1) is 18.3 Å². The number of para-hydroxylation sites is 2. The molecule has 0 saturated heterocycles. The molecule has 2 aromatic rings. The highest BCUT2D eigenvalue weighted by Gasteiger charge is 2.10. The smallest absolute Gasteiger partial charge is 0.267 e. The van der Waals surface area contributed by atoms with Crippen molar-refractivity contribution in [3.63, 3.8) is 0 Å². The van der Waals surface area contributed by atoms with Crippen molar-refractivity contribution in [1.82, 2.24) is 0 Å². The molecule has 110 valence electrons. The summed E-state index contributed by atoms with van der Waals surface area (Å²) < 4.78 is 0. The monoisotopic (exact) mass is 311 g/mol. The van der Waals surface area contributed by atoms with Crippen LogP contribution in [-0.2, 0) is 4.79 Å². The van der Waals surface area contributed by atoms with Gasteiger partial charge in [0.1, 0.15) is 11.6 Å². The molecule has 2 rings (SSSR count). The van der Waals surface area contributed by atoms with Gasteiger partial charge in [0.25, 0.3) is 5.91 Å². The lowest BCUT2D eigenvalue weighted by Crippen LogP contribution is -2.14. The molecule has 0 spiro atoms. The van der Waals surface area contributed by atoms with Crippen LogP contribution in [0.15, 0.2) is 60.3 Å². The predicted molar refractivity (Wildman–Crippen MR) is 88.6 cm³/mol. The third-order valence-electron chi connectivity index (χ3n) is 2.98. The van der Waals surface area contributed by atoms with Crippen molar-refractivity contribution < 1.29 is 4.79 Å². The van der Waals surface area contributed by atoms with Gasteiger partial charge in [-0.15, -0.1) is 0 Å². The van der Waals surface area contributed by atoms with Crippen molar-refractivity contribution in [2.75, 3.05) is 10.6 Å². The highest BCUT2D eigenvalue weighted by Crippen LogP contribution is 2.25. The van der Waals surface area contributed by atoms with Gasteiger partial charge in [0.2, 0.25) is 0 Å². The van der Waals surface area contributed by atoms with Gasteiger partial charge in [-0.25, -0.2) is 0 Å². The van der Waals surface area contributed by atoms with Crippen LogP contribution in [0.1, 0.15) is 5.56 Å². The van der Waals surface area contributed by atoms with Gasteiger partial charge in [-0.2, -0.15) is 5.26 Å². The quantitative estimate of drug-likeness (QED) is 0.660. The molecule has 0 aliphatic rings. The van der Waals surface area contributed by atoms with Crippen LogP contribution in [0.25, 0.3) is 0 Å². The molecular weight excluding hydrogens is 298 g/mol. The van der Waals surface area contributed by atoms with E-state index in [2.05, 4.69) is 10.6 Å². The molecule has 0 unspecified atom stereocenters. The molecule has 0 aliphatic carbocycles. The number of nitriles is 1. The maximum Gasteiger partial charge on any atom is 0.267 e. The number of nitrogens with zero attached hydrogens (tertiary/aromatic N) is 1. The Hall–Kier alpha value is -2.77. The minimum absolute atomic E-state index is 0.0387. The first-order valence-electron chi connectivity index (χ1n) is 6.60. The number of aryl methyl sites for hydroxylation is 1. The Morgan fingerprint density at radius 2 is 1.91 bits per heavy atom. The zero-order chi connectivity index (χ0) is 15.9. The van der Waals surface area contributed by atoms with Gasteiger partial charge < -0.3 is 10.6 Å². The summed E-state index contributed by atoms with van der Waals surface area (Å²) in [6.45, 7) is 1.89. The van der Waals surface area contributed by atoms with Crippen molar-refractivity contribution in [2.45, 2.75) is 6.92 Å². The van der Waals surface area contributed by atoms with Crippen LogP contribution in [0.4, 0.5) is 11.4 Å². The van der Waals surface area contributed by atoms with Crippen molar-refractivity contribution >= 4 is 28.9 Å². The third-order valence-corrected chi connectivity index (χ3v) is 3.29. The first-order valence-corrected chi connectivity index (χ1v) is 6.98. The van der Waals surface area contributed by atoms with Gasteiger partial charge in [-0.05, 0) is 30.7 Å². The molecule has 0 bridgehead atoms. The standard InChI is InChI=1S/C17H14ClN3O/c1-12-6-5-9-15(18)16(12)20-11-13(10-19)17(22)21-14-7-3-2-4-8-14/h2-9,11,20H,1H3,(H,21,22)/b13-11+. The number of carbonyl (C=O) groups is 1. The van der Waals surface area contributed by atoms with E-state index in [1.54, 1.807) is 30.3 Å². The van der Waals surface area contributed by atoms with Crippen molar-refractivity contribution in [1.29, 1.82) is 5.26 Å². The number of carbonyl (C=O) groups excluding carboxylic acids is 1. The number of amides is 1. The highest BCUT2D eigenvalue weighted by molar-refractivity contribution is 6.33. The zero-order valence-corrected chi connectivity index (χ0v) is 12.7. The van der Waals surface area contributed by atoms with E-state index in [0.29, 0.717) is 16.4 Å². The second-order valence-electron chi connectivity index (χ2n) is 4.57. The third kappa shape index (κ3) is 3.87. The van der Waals surface area contributed by atoms with E-state index in [9.17, 15) is 4.79 Å². The Labute approximate surface area is 134 Å². The molecule has 1 amide bonds. The summed E-state index contributed by atoms with van der Waals surface area (Å²) >= 11 is 6.09. The van der Waals surface area contributed by atoms with Crippen molar-refractivity contribution in [3.05, 3.63) is 70.9 Å². The molecule has 2 N–H and O–H groups in total. The molecule has 0 aromatic heterocycles. The molecule has 0 heterocycles. The van der Waals surface area contributed by atoms with Crippen LogP contribution in [-0.4, -0.2) is 5.91 Å². The second kappa shape index (κ2) is 7.30. The van der Waals surface area contributed by atoms with E-state index in [0.717, 1.165) is 5.56 Å². The summed E-state index contributed by atoms with van der Waals surface area (Å²) in [6, 6.07) is 16.3. The summed E-state index contributed by atoms with van der Waals surface area (Å²) in [6.07, 6.45) is 1.35. The van der Waals surface area contributed by atoms with Gasteiger partial charge in [0, 0.05) is 11.9 Å². The average molecular weight is 312 g/mol. The molecule has 0 saturated carbocycles. The SMILES string of the molecule is Cc1cccc(Cl)c1N/C=C(\C#N)C(=O)Nc1ccccc1. The first-order chi connectivity index (χ1) is 10.6. The van der Waals surface area contributed by atoms with E-state index >= 15 is 0 Å². The normalized spacial score (nSPS) is 10.7. The molecule has 0 radical (unpaired) electrons. The topological polar surface area (TPSA) is 64.9 Å². The van der Waals surface area contributed by atoms with E-state index in [4.69, 9.17) is 16.9 Å². The number of anilines is 2. The molecule has 4 nitrogen and oxygen atoms in total. The molecule has 22 heavy (non-hydrogen) atoms. The van der Waals surface area contributed by atoms with Gasteiger partial charge >= 0.3 is 0 Å². The Kier molecular flexibility index (Phi) is 5.18. The Morgan fingerprint density at radius 3 is 2.55 bits per heavy atom. The van der Waals surface area contributed by atoms with E-state index in [1.165, 1.54) is 6.20 Å². The average Bonchev–Trinajstić information content (AvgIpc) is 2.51. The molecule has 0 aliphatic heterocycles. The molecule has 0 fully saturated rings. The zero-order valence-electron chi connectivity index (χ0n) is 11.9. The first kappa shape index (κ1) is 15.6. The Morgan fingerprint density at radius 1 is 1.18 bits per heavy atom. The Balaban J connectivity index is 2.14. The summed E-state index contributed by atoms with van der Waals surface area (Å²) in [7, 11) is 0. The number of hydrogen-bond donors (Lipinski definition) is 2. The lowest BCUT2D eigenvalue weighted by molar-refractivity contribution is -0.112.